The molecule has 0 heterocycles. The molecular formula is C13H25O4. The summed E-state index contributed by atoms with van der Waals surface area (Å²) in [7, 11) is 0. The first-order valence-electron chi connectivity index (χ1n) is 5.90. The molecule has 0 aliphatic heterocycles. The lowest BCUT2D eigenvalue weighted by atomic mass is 9.46. The number of aliphatic hydroxyl groups is 4. The Morgan fingerprint density at radius 3 is 1.65 bits per heavy atom. The van der Waals surface area contributed by atoms with Gasteiger partial charge in [0, 0.05) is 5.41 Å². The van der Waals surface area contributed by atoms with E-state index in [1.807, 2.05) is 0 Å². The van der Waals surface area contributed by atoms with Crippen molar-refractivity contribution >= 4 is 0 Å². The summed E-state index contributed by atoms with van der Waals surface area (Å²) in [5.74, 6) is 0. The Labute approximate surface area is 103 Å². The lowest BCUT2D eigenvalue weighted by molar-refractivity contribution is -0.327. The molecule has 3 unspecified atom stereocenters. The molecule has 1 saturated carbocycles. The van der Waals surface area contributed by atoms with Crippen LogP contribution in [0.3, 0.4) is 0 Å². The minimum absolute atomic E-state index is 0.280. The second kappa shape index (κ2) is 3.44. The lowest BCUT2D eigenvalue weighted by Crippen LogP contribution is -2.78. The molecule has 0 bridgehead atoms. The third kappa shape index (κ3) is 1.51. The summed E-state index contributed by atoms with van der Waals surface area (Å²) in [5.41, 5.74) is -6.73. The summed E-state index contributed by atoms with van der Waals surface area (Å²) >= 11 is 0. The Balaban J connectivity index is 3.46. The summed E-state index contributed by atoms with van der Waals surface area (Å²) in [5, 5.41) is 41.3. The standard InChI is InChI=1S/C13H25O4/c1-9(2)7-10(3,8-14)12(5,16)13(6,17)11(9,4)15/h14-17H,1,7-8H2,2-6H3/t9-,10?,11?,12-,13?/m1/s1. The van der Waals surface area contributed by atoms with Crippen molar-refractivity contribution in [2.75, 3.05) is 6.61 Å². The molecule has 4 nitrogen and oxygen atoms in total. The van der Waals surface area contributed by atoms with Crippen molar-refractivity contribution in [2.45, 2.75) is 57.8 Å². The third-order valence-corrected chi connectivity index (χ3v) is 5.38. The van der Waals surface area contributed by atoms with Crippen LogP contribution in [0.1, 0.15) is 41.0 Å². The summed E-state index contributed by atoms with van der Waals surface area (Å²) in [4.78, 5) is 0. The fourth-order valence-corrected chi connectivity index (χ4v) is 3.06. The Bertz CT molecular complexity index is 317. The van der Waals surface area contributed by atoms with Crippen molar-refractivity contribution in [1.82, 2.24) is 0 Å². The van der Waals surface area contributed by atoms with Crippen LogP contribution in [0.4, 0.5) is 0 Å². The van der Waals surface area contributed by atoms with Crippen LogP contribution in [-0.4, -0.2) is 43.8 Å². The highest BCUT2D eigenvalue weighted by Crippen LogP contribution is 2.60. The van der Waals surface area contributed by atoms with E-state index in [4.69, 9.17) is 0 Å². The van der Waals surface area contributed by atoms with E-state index in [1.54, 1.807) is 13.8 Å². The molecule has 1 fully saturated rings. The fraction of sp³-hybridized carbons (Fsp3) is 0.923. The number of aliphatic hydroxyl groups excluding tert-OH is 1. The van der Waals surface area contributed by atoms with Gasteiger partial charge in [-0.2, -0.15) is 0 Å². The quantitative estimate of drug-likeness (QED) is 0.542. The largest absolute Gasteiger partial charge is 0.396 e. The first kappa shape index (κ1) is 14.9. The minimum atomic E-state index is -1.77. The molecule has 0 aromatic rings. The maximum atomic E-state index is 10.6. The molecule has 4 N–H and O–H groups in total. The van der Waals surface area contributed by atoms with Crippen molar-refractivity contribution in [1.29, 1.82) is 0 Å². The van der Waals surface area contributed by atoms with E-state index in [-0.39, 0.29) is 6.61 Å². The molecule has 1 aliphatic rings. The molecule has 1 radical (unpaired) electrons. The van der Waals surface area contributed by atoms with Crippen LogP contribution in [0.2, 0.25) is 0 Å². The predicted molar refractivity (Wildman–Crippen MR) is 65.1 cm³/mol. The molecule has 5 atom stereocenters. The fourth-order valence-electron chi connectivity index (χ4n) is 3.06. The predicted octanol–water partition coefficient (Wildman–Crippen LogP) is 0.482. The van der Waals surface area contributed by atoms with Gasteiger partial charge in [0.15, 0.2) is 0 Å². The molecule has 1 aliphatic carbocycles. The minimum Gasteiger partial charge on any atom is -0.396 e. The Morgan fingerprint density at radius 1 is 0.882 bits per heavy atom. The first-order valence-corrected chi connectivity index (χ1v) is 5.90. The average Bonchev–Trinajstić information content (AvgIpc) is 2.14. The van der Waals surface area contributed by atoms with Crippen molar-refractivity contribution < 1.29 is 20.4 Å². The van der Waals surface area contributed by atoms with Gasteiger partial charge in [-0.3, -0.25) is 0 Å². The zero-order valence-electron chi connectivity index (χ0n) is 11.4. The molecule has 0 saturated heterocycles. The molecule has 0 amide bonds. The summed E-state index contributed by atoms with van der Waals surface area (Å²) in [6.45, 7) is 11.4. The second-order valence-electron chi connectivity index (χ2n) is 6.67. The van der Waals surface area contributed by atoms with Gasteiger partial charge in [0.05, 0.1) is 12.2 Å². The van der Waals surface area contributed by atoms with Crippen LogP contribution >= 0.6 is 0 Å². The summed E-state index contributed by atoms with van der Waals surface area (Å²) in [6, 6.07) is 0. The zero-order valence-corrected chi connectivity index (χ0v) is 11.4. The lowest BCUT2D eigenvalue weighted by Gasteiger charge is -2.65. The van der Waals surface area contributed by atoms with E-state index < -0.39 is 27.6 Å². The molecule has 0 aromatic carbocycles. The van der Waals surface area contributed by atoms with Crippen LogP contribution in [-0.2, 0) is 0 Å². The number of hydrogen-bond donors (Lipinski definition) is 4. The molecule has 17 heavy (non-hydrogen) atoms. The van der Waals surface area contributed by atoms with Gasteiger partial charge in [0.2, 0.25) is 0 Å². The van der Waals surface area contributed by atoms with E-state index in [2.05, 4.69) is 6.92 Å². The van der Waals surface area contributed by atoms with E-state index >= 15 is 0 Å². The average molecular weight is 245 g/mol. The Hall–Kier alpha value is -0.160. The highest BCUT2D eigenvalue weighted by molar-refractivity contribution is 5.23. The van der Waals surface area contributed by atoms with Crippen LogP contribution in [0.15, 0.2) is 0 Å². The summed E-state index contributed by atoms with van der Waals surface area (Å²) in [6.07, 6.45) is 0.312. The summed E-state index contributed by atoms with van der Waals surface area (Å²) < 4.78 is 0. The third-order valence-electron chi connectivity index (χ3n) is 5.38. The normalized spacial score (nSPS) is 54.7. The number of hydrogen-bond acceptors (Lipinski definition) is 4. The highest BCUT2D eigenvalue weighted by Gasteiger charge is 2.70. The maximum absolute atomic E-state index is 10.6. The molecule has 0 aromatic heterocycles. The number of rotatable bonds is 1. The Kier molecular flexibility index (Phi) is 3.02. The van der Waals surface area contributed by atoms with Crippen molar-refractivity contribution in [3.05, 3.63) is 6.92 Å². The van der Waals surface area contributed by atoms with Crippen LogP contribution < -0.4 is 0 Å². The van der Waals surface area contributed by atoms with Crippen LogP contribution in [0.5, 0.6) is 0 Å². The van der Waals surface area contributed by atoms with Gasteiger partial charge in [-0.25, -0.2) is 0 Å². The van der Waals surface area contributed by atoms with E-state index in [0.717, 1.165) is 0 Å². The van der Waals surface area contributed by atoms with Gasteiger partial charge in [0.1, 0.15) is 11.2 Å². The molecule has 1 rings (SSSR count). The molecule has 101 valence electrons. The van der Waals surface area contributed by atoms with Crippen LogP contribution in [0, 0.1) is 17.8 Å². The van der Waals surface area contributed by atoms with Gasteiger partial charge in [0.25, 0.3) is 0 Å². The van der Waals surface area contributed by atoms with Crippen molar-refractivity contribution in [3.8, 4) is 0 Å². The first-order chi connectivity index (χ1) is 7.27. The smallest absolute Gasteiger partial charge is 0.120 e. The van der Waals surface area contributed by atoms with Crippen molar-refractivity contribution in [2.24, 2.45) is 10.8 Å². The van der Waals surface area contributed by atoms with Gasteiger partial charge in [-0.1, -0.05) is 13.8 Å². The van der Waals surface area contributed by atoms with E-state index in [1.165, 1.54) is 20.8 Å². The van der Waals surface area contributed by atoms with Gasteiger partial charge < -0.3 is 20.4 Å². The Morgan fingerprint density at radius 2 is 1.29 bits per heavy atom. The van der Waals surface area contributed by atoms with E-state index in [9.17, 15) is 20.4 Å². The van der Waals surface area contributed by atoms with Gasteiger partial charge in [-0.15, -0.1) is 0 Å². The molecule has 0 spiro atoms. The maximum Gasteiger partial charge on any atom is 0.120 e. The van der Waals surface area contributed by atoms with Crippen molar-refractivity contribution in [3.63, 3.8) is 0 Å². The second-order valence-corrected chi connectivity index (χ2v) is 6.67. The highest BCUT2D eigenvalue weighted by atomic mass is 16.4. The zero-order chi connectivity index (χ0) is 13.9. The van der Waals surface area contributed by atoms with E-state index in [0.29, 0.717) is 6.42 Å². The monoisotopic (exact) mass is 245 g/mol. The van der Waals surface area contributed by atoms with Gasteiger partial charge in [-0.05, 0) is 39.5 Å². The van der Waals surface area contributed by atoms with Gasteiger partial charge >= 0.3 is 0 Å². The topological polar surface area (TPSA) is 80.9 Å². The van der Waals surface area contributed by atoms with Crippen LogP contribution in [0.25, 0.3) is 0 Å². The molecular weight excluding hydrogens is 220 g/mol. The SMILES string of the molecule is [CH2][C@@]1(C)CC(C)(CO)[C@@](C)(O)C(C)(O)C1(C)O. The molecule has 4 heteroatoms.